The molecule has 0 aliphatic carbocycles. The summed E-state index contributed by atoms with van der Waals surface area (Å²) in [4.78, 5) is 72.5. The summed E-state index contributed by atoms with van der Waals surface area (Å²) < 4.78 is 37.0. The van der Waals surface area contributed by atoms with Gasteiger partial charge in [0.05, 0.1) is 6.54 Å². The molecule has 1 aliphatic rings. The van der Waals surface area contributed by atoms with Crippen molar-refractivity contribution in [3.8, 4) is 0 Å². The van der Waals surface area contributed by atoms with Crippen LogP contribution < -0.4 is 10.6 Å². The molecule has 1 saturated heterocycles. The SMILES string of the molecule is O=C(O)C(F)(F)F.O=CC[C@H](NC(=O)CN1CCN(Cc2ccccc2)C[C@H](NC(=O)OCc2ccccc2)C1=O)C(=O)O. The van der Waals surface area contributed by atoms with Gasteiger partial charge in [-0.25, -0.2) is 14.4 Å². The minimum Gasteiger partial charge on any atom is -0.480 e. The van der Waals surface area contributed by atoms with Gasteiger partial charge in [-0.05, 0) is 11.1 Å². The fraction of sp³-hybridized carbons (Fsp3) is 0.357. The highest BCUT2D eigenvalue weighted by Gasteiger charge is 2.38. The van der Waals surface area contributed by atoms with Gasteiger partial charge in [-0.2, -0.15) is 13.2 Å². The first kappa shape index (κ1) is 35.2. The van der Waals surface area contributed by atoms with Gasteiger partial charge in [0.1, 0.15) is 25.0 Å². The van der Waals surface area contributed by atoms with E-state index in [2.05, 4.69) is 10.6 Å². The Morgan fingerprint density at radius 2 is 1.55 bits per heavy atom. The second kappa shape index (κ2) is 17.2. The molecule has 13 nitrogen and oxygen atoms in total. The normalized spacial score (nSPS) is 15.9. The fourth-order valence-corrected chi connectivity index (χ4v) is 3.91. The van der Waals surface area contributed by atoms with Gasteiger partial charge in [-0.1, -0.05) is 60.7 Å². The number of nitrogens with one attached hydrogen (secondary N) is 2. The summed E-state index contributed by atoms with van der Waals surface area (Å²) in [6, 6.07) is 16.3. The van der Waals surface area contributed by atoms with Crippen molar-refractivity contribution in [2.24, 2.45) is 0 Å². The number of halogens is 3. The van der Waals surface area contributed by atoms with Crippen LogP contribution >= 0.6 is 0 Å². The number of carbonyl (C=O) groups is 6. The van der Waals surface area contributed by atoms with Crippen molar-refractivity contribution < 1.29 is 56.9 Å². The molecule has 2 aromatic carbocycles. The van der Waals surface area contributed by atoms with Crippen molar-refractivity contribution in [1.82, 2.24) is 20.4 Å². The maximum Gasteiger partial charge on any atom is 0.490 e. The fourth-order valence-electron chi connectivity index (χ4n) is 3.91. The summed E-state index contributed by atoms with van der Waals surface area (Å²) in [6.07, 6.45) is -5.85. The van der Waals surface area contributed by atoms with E-state index in [1.54, 1.807) is 12.1 Å². The number of rotatable bonds is 11. The Kier molecular flexibility index (Phi) is 13.8. The van der Waals surface area contributed by atoms with Crippen molar-refractivity contribution in [3.63, 3.8) is 0 Å². The highest BCUT2D eigenvalue weighted by molar-refractivity contribution is 5.91. The molecule has 2 aromatic rings. The number of aliphatic carboxylic acids is 2. The standard InChI is InChI=1S/C26H30N4O7.C2HF3O2/c31-14-11-21(25(34)35)27-23(32)17-30-13-12-29(15-19-7-3-1-4-8-19)16-22(24(30)33)28-26(36)37-18-20-9-5-2-6-10-20;3-2(4,5)1(6)7/h1-10,14,21-22H,11-13,15-18H2,(H,27,32)(H,28,36)(H,34,35);(H,6,7)/t21-,22-;/m0./s1. The maximum atomic E-state index is 13.3. The lowest BCUT2D eigenvalue weighted by molar-refractivity contribution is -0.192. The number of alkyl carbamates (subject to hydrolysis) is 1. The zero-order chi connectivity index (χ0) is 32.7. The van der Waals surface area contributed by atoms with Gasteiger partial charge in [-0.3, -0.25) is 14.5 Å². The predicted molar refractivity (Wildman–Crippen MR) is 146 cm³/mol. The highest BCUT2D eigenvalue weighted by Crippen LogP contribution is 2.13. The number of nitrogens with zero attached hydrogens (tertiary/aromatic N) is 2. The predicted octanol–water partition coefficient (Wildman–Crippen LogP) is 1.42. The van der Waals surface area contributed by atoms with E-state index in [-0.39, 0.29) is 19.7 Å². The minimum absolute atomic E-state index is 0.0285. The maximum absolute atomic E-state index is 13.3. The average molecular weight is 625 g/mol. The van der Waals surface area contributed by atoms with E-state index in [1.165, 1.54) is 4.90 Å². The Balaban J connectivity index is 0.000000860. The monoisotopic (exact) mass is 624 g/mol. The minimum atomic E-state index is -5.08. The van der Waals surface area contributed by atoms with Gasteiger partial charge in [0.25, 0.3) is 0 Å². The number of aldehydes is 1. The third-order valence-corrected chi connectivity index (χ3v) is 6.03. The molecule has 2 atom stereocenters. The van der Waals surface area contributed by atoms with Crippen LogP contribution in [0.1, 0.15) is 17.5 Å². The van der Waals surface area contributed by atoms with Crippen molar-refractivity contribution in [1.29, 1.82) is 0 Å². The first-order valence-corrected chi connectivity index (χ1v) is 13.1. The first-order chi connectivity index (χ1) is 20.8. The molecule has 1 fully saturated rings. The highest BCUT2D eigenvalue weighted by atomic mass is 19.4. The first-order valence-electron chi connectivity index (χ1n) is 13.1. The van der Waals surface area contributed by atoms with E-state index in [9.17, 15) is 42.3 Å². The van der Waals surface area contributed by atoms with Crippen LogP contribution in [0.25, 0.3) is 0 Å². The zero-order valence-electron chi connectivity index (χ0n) is 23.2. The van der Waals surface area contributed by atoms with Gasteiger partial charge in [-0.15, -0.1) is 0 Å². The number of hydrogen-bond acceptors (Lipinski definition) is 8. The molecule has 0 bridgehead atoms. The quantitative estimate of drug-likeness (QED) is 0.267. The number of carboxylic acid groups (broad SMARTS) is 2. The molecular weight excluding hydrogens is 593 g/mol. The van der Waals surface area contributed by atoms with E-state index in [4.69, 9.17) is 14.6 Å². The molecule has 3 amide bonds. The van der Waals surface area contributed by atoms with Crippen molar-refractivity contribution in [3.05, 3.63) is 71.8 Å². The molecule has 44 heavy (non-hydrogen) atoms. The Morgan fingerprint density at radius 3 is 2.07 bits per heavy atom. The second-order valence-corrected chi connectivity index (χ2v) is 9.40. The Morgan fingerprint density at radius 1 is 0.977 bits per heavy atom. The van der Waals surface area contributed by atoms with Gasteiger partial charge in [0.2, 0.25) is 11.8 Å². The molecule has 0 unspecified atom stereocenters. The molecule has 0 spiro atoms. The summed E-state index contributed by atoms with van der Waals surface area (Å²) in [5, 5.41) is 21.2. The summed E-state index contributed by atoms with van der Waals surface area (Å²) >= 11 is 0. The van der Waals surface area contributed by atoms with Crippen LogP contribution in [0.15, 0.2) is 60.7 Å². The number of amides is 3. The van der Waals surface area contributed by atoms with Crippen LogP contribution in [0.2, 0.25) is 0 Å². The molecule has 1 aliphatic heterocycles. The van der Waals surface area contributed by atoms with E-state index < -0.39 is 61.1 Å². The van der Waals surface area contributed by atoms with E-state index >= 15 is 0 Å². The third kappa shape index (κ3) is 12.5. The van der Waals surface area contributed by atoms with E-state index in [0.29, 0.717) is 19.4 Å². The second-order valence-electron chi connectivity index (χ2n) is 9.40. The zero-order valence-corrected chi connectivity index (χ0v) is 23.2. The third-order valence-electron chi connectivity index (χ3n) is 6.03. The lowest BCUT2D eigenvalue weighted by atomic mass is 10.2. The van der Waals surface area contributed by atoms with Crippen LogP contribution in [0.3, 0.4) is 0 Å². The smallest absolute Gasteiger partial charge is 0.480 e. The molecular formula is C28H31F3N4O9. The largest absolute Gasteiger partial charge is 0.490 e. The molecule has 16 heteroatoms. The topological polar surface area (TPSA) is 183 Å². The van der Waals surface area contributed by atoms with Crippen LogP contribution in [-0.2, 0) is 41.9 Å². The Labute approximate surface area is 249 Å². The number of ether oxygens (including phenoxy) is 1. The van der Waals surface area contributed by atoms with Crippen molar-refractivity contribution in [2.75, 3.05) is 26.2 Å². The number of benzene rings is 2. The van der Waals surface area contributed by atoms with Crippen LogP contribution in [0.4, 0.5) is 18.0 Å². The van der Waals surface area contributed by atoms with Gasteiger partial charge in [0.15, 0.2) is 0 Å². The van der Waals surface area contributed by atoms with Crippen LogP contribution in [-0.4, -0.2) is 101 Å². The summed E-state index contributed by atoms with van der Waals surface area (Å²) in [5.41, 5.74) is 1.81. The number of carboxylic acids is 2. The molecule has 238 valence electrons. The number of hydrogen-bond donors (Lipinski definition) is 4. The van der Waals surface area contributed by atoms with Crippen LogP contribution in [0, 0.1) is 0 Å². The lowest BCUT2D eigenvalue weighted by Crippen LogP contribution is -2.53. The molecule has 1 heterocycles. The summed E-state index contributed by atoms with van der Waals surface area (Å²) in [6.45, 7) is 0.920. The number of alkyl halides is 3. The van der Waals surface area contributed by atoms with Crippen molar-refractivity contribution in [2.45, 2.75) is 37.8 Å². The van der Waals surface area contributed by atoms with Gasteiger partial charge < -0.3 is 35.3 Å². The lowest BCUT2D eigenvalue weighted by Gasteiger charge is -2.24. The molecule has 0 aromatic heterocycles. The van der Waals surface area contributed by atoms with Gasteiger partial charge in [0, 0.05) is 32.6 Å². The molecule has 0 radical (unpaired) electrons. The molecule has 0 saturated carbocycles. The Hall–Kier alpha value is -4.99. The number of carbonyl (C=O) groups excluding carboxylic acids is 4. The summed E-state index contributed by atoms with van der Waals surface area (Å²) in [7, 11) is 0. The molecule has 3 rings (SSSR count). The summed E-state index contributed by atoms with van der Waals surface area (Å²) in [5.74, 6) is -5.32. The van der Waals surface area contributed by atoms with Crippen LogP contribution in [0.5, 0.6) is 0 Å². The van der Waals surface area contributed by atoms with E-state index in [1.807, 2.05) is 53.4 Å². The molecule has 4 N–H and O–H groups in total. The van der Waals surface area contributed by atoms with Gasteiger partial charge >= 0.3 is 24.2 Å². The average Bonchev–Trinajstić information content (AvgIpc) is 3.11. The Bertz CT molecular complexity index is 1280. The van der Waals surface area contributed by atoms with Crippen molar-refractivity contribution >= 4 is 36.1 Å². The van der Waals surface area contributed by atoms with E-state index in [0.717, 1.165) is 11.1 Å².